The first-order chi connectivity index (χ1) is 9.13. The van der Waals surface area contributed by atoms with Crippen LogP contribution in [0.25, 0.3) is 0 Å². The Balaban J connectivity index is 2.82. The molecule has 84 valence electrons. The van der Waals surface area contributed by atoms with Crippen LogP contribution in [0.1, 0.15) is 45.7 Å². The minimum absolute atomic E-state index is 0.0185. The summed E-state index contributed by atoms with van der Waals surface area (Å²) < 4.78 is 31.6. The fourth-order valence-corrected chi connectivity index (χ4v) is 2.55. The van der Waals surface area contributed by atoms with Crippen LogP contribution in [-0.4, -0.2) is 0 Å². The molecule has 16 heavy (non-hydrogen) atoms. The van der Waals surface area contributed by atoms with E-state index in [0.29, 0.717) is 5.56 Å². The molecule has 1 aromatic carbocycles. The predicted molar refractivity (Wildman–Crippen MR) is 70.5 cm³/mol. The third kappa shape index (κ3) is 1.29. The first kappa shape index (κ1) is 7.11. The SMILES string of the molecule is [2H]c1cc(C2(C)C(C)=C(C)C(C)=C2C)c([2H])c([2H])c1[2H]. The number of benzene rings is 1. The number of allylic oxidation sites excluding steroid dienone is 4. The largest absolute Gasteiger partial charge is 0.0626 e. The Morgan fingerprint density at radius 2 is 1.50 bits per heavy atom. The lowest BCUT2D eigenvalue weighted by Crippen LogP contribution is -2.22. The average Bonchev–Trinajstić information content (AvgIpc) is 2.57. The molecule has 0 fully saturated rings. The highest BCUT2D eigenvalue weighted by Crippen LogP contribution is 2.47. The van der Waals surface area contributed by atoms with Gasteiger partial charge in [0.05, 0.1) is 5.48 Å². The summed E-state index contributed by atoms with van der Waals surface area (Å²) in [6.07, 6.45) is 0. The molecular weight excluding hydrogens is 192 g/mol. The summed E-state index contributed by atoms with van der Waals surface area (Å²) in [5.74, 6) is 0. The molecule has 0 N–H and O–H groups in total. The summed E-state index contributed by atoms with van der Waals surface area (Å²) in [5, 5.41) is 0. The lowest BCUT2D eigenvalue weighted by atomic mass is 9.73. The van der Waals surface area contributed by atoms with Gasteiger partial charge in [-0.3, -0.25) is 0 Å². The molecule has 0 bridgehead atoms. The van der Waals surface area contributed by atoms with Crippen molar-refractivity contribution in [1.29, 1.82) is 0 Å². The molecular formula is C16H20. The summed E-state index contributed by atoms with van der Waals surface area (Å²) >= 11 is 0. The van der Waals surface area contributed by atoms with Crippen LogP contribution >= 0.6 is 0 Å². The Morgan fingerprint density at radius 3 is 2.06 bits per heavy atom. The lowest BCUT2D eigenvalue weighted by Gasteiger charge is -2.30. The second kappa shape index (κ2) is 3.62. The summed E-state index contributed by atoms with van der Waals surface area (Å²) in [5.41, 5.74) is 4.99. The Bertz CT molecular complexity index is 642. The van der Waals surface area contributed by atoms with Crippen molar-refractivity contribution in [3.05, 3.63) is 58.1 Å². The van der Waals surface area contributed by atoms with Crippen molar-refractivity contribution in [1.82, 2.24) is 0 Å². The molecule has 0 aromatic heterocycles. The fourth-order valence-electron chi connectivity index (χ4n) is 2.55. The molecule has 0 saturated heterocycles. The smallest absolute Gasteiger partial charge is 0.0622 e. The van der Waals surface area contributed by atoms with E-state index in [1.54, 1.807) is 6.07 Å². The van der Waals surface area contributed by atoms with E-state index in [2.05, 4.69) is 27.7 Å². The molecule has 0 heterocycles. The topological polar surface area (TPSA) is 0 Å². The fraction of sp³-hybridized carbons (Fsp3) is 0.375. The molecule has 1 aliphatic carbocycles. The van der Waals surface area contributed by atoms with Crippen LogP contribution in [0.15, 0.2) is 52.5 Å². The molecule has 0 heteroatoms. The third-order valence-electron chi connectivity index (χ3n) is 4.27. The Labute approximate surface area is 104 Å². The molecule has 2 rings (SSSR count). The number of hydrogen-bond donors (Lipinski definition) is 0. The van der Waals surface area contributed by atoms with Crippen molar-refractivity contribution in [2.24, 2.45) is 0 Å². The first-order valence-corrected chi connectivity index (χ1v) is 5.58. The van der Waals surface area contributed by atoms with E-state index < -0.39 is 5.41 Å². The van der Waals surface area contributed by atoms with E-state index >= 15 is 0 Å². The molecule has 0 unspecified atom stereocenters. The molecule has 0 atom stereocenters. The van der Waals surface area contributed by atoms with Gasteiger partial charge in [-0.2, -0.15) is 0 Å². The molecule has 0 amide bonds. The predicted octanol–water partition coefficient (Wildman–Crippen LogP) is 4.63. The third-order valence-corrected chi connectivity index (χ3v) is 4.27. The summed E-state index contributed by atoms with van der Waals surface area (Å²) in [7, 11) is 0. The monoisotopic (exact) mass is 216 g/mol. The highest BCUT2D eigenvalue weighted by atomic mass is 14.4. The molecule has 1 aliphatic rings. The van der Waals surface area contributed by atoms with Crippen LogP contribution in [0.3, 0.4) is 0 Å². The maximum absolute atomic E-state index is 8.20. The van der Waals surface area contributed by atoms with Gasteiger partial charge in [0.15, 0.2) is 0 Å². The van der Waals surface area contributed by atoms with Gasteiger partial charge in [0.2, 0.25) is 0 Å². The lowest BCUT2D eigenvalue weighted by molar-refractivity contribution is 0.666. The van der Waals surface area contributed by atoms with E-state index in [-0.39, 0.29) is 24.2 Å². The number of hydrogen-bond acceptors (Lipinski definition) is 0. The minimum Gasteiger partial charge on any atom is -0.0622 e. The van der Waals surface area contributed by atoms with E-state index in [1.165, 1.54) is 11.1 Å². The van der Waals surface area contributed by atoms with Gasteiger partial charge in [-0.1, -0.05) is 41.4 Å². The van der Waals surface area contributed by atoms with Crippen LogP contribution in [0.5, 0.6) is 0 Å². The number of rotatable bonds is 1. The van der Waals surface area contributed by atoms with Crippen molar-refractivity contribution >= 4 is 0 Å². The Hall–Kier alpha value is -1.30. The van der Waals surface area contributed by atoms with Crippen molar-refractivity contribution in [2.75, 3.05) is 0 Å². The molecule has 0 spiro atoms. The Morgan fingerprint density at radius 1 is 0.938 bits per heavy atom. The highest BCUT2D eigenvalue weighted by molar-refractivity contribution is 5.58. The zero-order chi connectivity index (χ0) is 15.4. The summed E-state index contributed by atoms with van der Waals surface area (Å²) in [6, 6.07) is 1.34. The molecule has 1 aromatic rings. The average molecular weight is 216 g/mol. The van der Waals surface area contributed by atoms with Crippen molar-refractivity contribution < 1.29 is 5.48 Å². The van der Waals surface area contributed by atoms with E-state index in [9.17, 15) is 0 Å². The zero-order valence-corrected chi connectivity index (χ0v) is 10.6. The standard InChI is InChI=1S/C16H20/c1-11-12(2)14(4)16(5,13(11)3)15-9-7-6-8-10-15/h6-10H,1-5H3/i6D,7D,8D,9D. The van der Waals surface area contributed by atoms with Crippen LogP contribution < -0.4 is 0 Å². The molecule has 0 saturated carbocycles. The molecule has 0 radical (unpaired) electrons. The maximum atomic E-state index is 8.20. The quantitative estimate of drug-likeness (QED) is 0.642. The van der Waals surface area contributed by atoms with Gasteiger partial charge >= 0.3 is 0 Å². The maximum Gasteiger partial charge on any atom is 0.0626 e. The van der Waals surface area contributed by atoms with E-state index in [0.717, 1.165) is 11.1 Å². The molecule has 0 nitrogen and oxygen atoms in total. The zero-order valence-electron chi connectivity index (χ0n) is 14.6. The van der Waals surface area contributed by atoms with Gasteiger partial charge in [-0.05, 0) is 51.3 Å². The Kier molecular flexibility index (Phi) is 1.61. The first-order valence-electron chi connectivity index (χ1n) is 7.58. The van der Waals surface area contributed by atoms with Gasteiger partial charge in [0.1, 0.15) is 0 Å². The van der Waals surface area contributed by atoms with Gasteiger partial charge < -0.3 is 0 Å². The van der Waals surface area contributed by atoms with Gasteiger partial charge in [-0.15, -0.1) is 0 Å². The van der Waals surface area contributed by atoms with E-state index in [4.69, 9.17) is 5.48 Å². The summed E-state index contributed by atoms with van der Waals surface area (Å²) in [4.78, 5) is 0. The van der Waals surface area contributed by atoms with Crippen molar-refractivity contribution in [3.63, 3.8) is 0 Å². The van der Waals surface area contributed by atoms with Crippen molar-refractivity contribution in [2.45, 2.75) is 40.0 Å². The van der Waals surface area contributed by atoms with Crippen molar-refractivity contribution in [3.8, 4) is 0 Å². The highest BCUT2D eigenvalue weighted by Gasteiger charge is 2.37. The van der Waals surface area contributed by atoms with Crippen LogP contribution in [0.2, 0.25) is 0 Å². The van der Waals surface area contributed by atoms with Gasteiger partial charge in [-0.25, -0.2) is 0 Å². The minimum atomic E-state index is -0.440. The summed E-state index contributed by atoms with van der Waals surface area (Å²) in [6.45, 7) is 10.3. The normalized spacial score (nSPS) is 23.1. The molecule has 0 aliphatic heterocycles. The van der Waals surface area contributed by atoms with Gasteiger partial charge in [0.25, 0.3) is 0 Å². The van der Waals surface area contributed by atoms with E-state index in [1.807, 2.05) is 6.92 Å². The second-order valence-corrected chi connectivity index (χ2v) is 4.70. The van der Waals surface area contributed by atoms with Crippen LogP contribution in [-0.2, 0) is 5.41 Å². The van der Waals surface area contributed by atoms with Crippen LogP contribution in [0, 0.1) is 0 Å². The van der Waals surface area contributed by atoms with Crippen LogP contribution in [0.4, 0.5) is 0 Å². The van der Waals surface area contributed by atoms with Gasteiger partial charge in [0, 0.05) is 5.41 Å². The second-order valence-electron chi connectivity index (χ2n) is 4.70.